The number of fused-ring (bicyclic) bond motifs is 1. The fraction of sp³-hybridized carbons (Fsp3) is 0.261. The van der Waals surface area contributed by atoms with E-state index >= 15 is 0 Å². The second-order valence-corrected chi connectivity index (χ2v) is 7.74. The van der Waals surface area contributed by atoms with Crippen molar-refractivity contribution in [1.82, 2.24) is 19.9 Å². The number of hydrogen-bond acceptors (Lipinski definition) is 7. The lowest BCUT2D eigenvalue weighted by Crippen LogP contribution is -2.56. The first-order chi connectivity index (χ1) is 15.7. The highest BCUT2D eigenvalue weighted by Crippen LogP contribution is 2.38. The van der Waals surface area contributed by atoms with Gasteiger partial charge < -0.3 is 14.7 Å². The lowest BCUT2D eigenvalue weighted by molar-refractivity contribution is -0.108. The number of carbonyl (C=O) groups is 2. The third-order valence-corrected chi connectivity index (χ3v) is 5.89. The molecule has 1 unspecified atom stereocenters. The highest BCUT2D eigenvalue weighted by atomic mass is 16.2. The molecule has 0 aliphatic carbocycles. The number of aldehydes is 1. The van der Waals surface area contributed by atoms with Gasteiger partial charge in [-0.2, -0.15) is 0 Å². The van der Waals surface area contributed by atoms with Crippen LogP contribution in [0.3, 0.4) is 0 Å². The number of aromatic nitrogens is 3. The summed E-state index contributed by atoms with van der Waals surface area (Å²) >= 11 is 0. The Morgan fingerprint density at radius 2 is 1.75 bits per heavy atom. The van der Waals surface area contributed by atoms with Gasteiger partial charge in [0, 0.05) is 45.0 Å². The first-order valence-electron chi connectivity index (χ1n) is 10.5. The number of carbonyl (C=O) groups excluding carboxylic acids is 2. The summed E-state index contributed by atoms with van der Waals surface area (Å²) in [6.07, 6.45) is 3.41. The Bertz CT molecular complexity index is 1120. The lowest BCUT2D eigenvalue weighted by Gasteiger charge is -2.38. The molecule has 0 saturated carbocycles. The Hall–Kier alpha value is -4.01. The third kappa shape index (κ3) is 3.41. The van der Waals surface area contributed by atoms with Crippen molar-refractivity contribution >= 4 is 29.6 Å². The zero-order chi connectivity index (χ0) is 22.1. The maximum atomic E-state index is 13.5. The van der Waals surface area contributed by atoms with Gasteiger partial charge in [0.15, 0.2) is 24.1 Å². The second-order valence-electron chi connectivity index (χ2n) is 7.74. The molecule has 1 fully saturated rings. The summed E-state index contributed by atoms with van der Waals surface area (Å²) < 4.78 is 0. The molecule has 9 heteroatoms. The van der Waals surface area contributed by atoms with Crippen LogP contribution in [-0.4, -0.2) is 71.6 Å². The van der Waals surface area contributed by atoms with E-state index in [1.807, 2.05) is 48.5 Å². The largest absolute Gasteiger partial charge is 0.353 e. The Labute approximate surface area is 185 Å². The van der Waals surface area contributed by atoms with Gasteiger partial charge in [0.25, 0.3) is 0 Å². The van der Waals surface area contributed by atoms with Gasteiger partial charge in [-0.15, -0.1) is 0 Å². The van der Waals surface area contributed by atoms with Crippen LogP contribution in [0.4, 0.5) is 22.1 Å². The Balaban J connectivity index is 1.38. The Morgan fingerprint density at radius 3 is 2.44 bits per heavy atom. The van der Waals surface area contributed by atoms with Crippen molar-refractivity contribution in [1.29, 1.82) is 0 Å². The summed E-state index contributed by atoms with van der Waals surface area (Å²) in [7, 11) is 1.77. The van der Waals surface area contributed by atoms with Crippen LogP contribution in [0.5, 0.6) is 0 Å². The predicted octanol–water partition coefficient (Wildman–Crippen LogP) is 2.26. The molecule has 2 aliphatic heterocycles. The van der Waals surface area contributed by atoms with Crippen LogP contribution in [0.25, 0.3) is 11.4 Å². The number of hydrogen-bond donors (Lipinski definition) is 0. The van der Waals surface area contributed by atoms with Gasteiger partial charge in [-0.3, -0.25) is 9.69 Å². The van der Waals surface area contributed by atoms with E-state index in [9.17, 15) is 9.59 Å². The molecule has 2 aliphatic rings. The molecule has 2 aromatic heterocycles. The van der Waals surface area contributed by atoms with Gasteiger partial charge >= 0.3 is 6.03 Å². The summed E-state index contributed by atoms with van der Waals surface area (Å²) in [4.78, 5) is 46.1. The first kappa shape index (κ1) is 19.9. The van der Waals surface area contributed by atoms with Gasteiger partial charge in [-0.1, -0.05) is 36.4 Å². The summed E-state index contributed by atoms with van der Waals surface area (Å²) in [6, 6.07) is 15.2. The van der Waals surface area contributed by atoms with Gasteiger partial charge in [-0.25, -0.2) is 19.7 Å². The second kappa shape index (κ2) is 8.26. The minimum Gasteiger partial charge on any atom is -0.353 e. The van der Waals surface area contributed by atoms with Gasteiger partial charge in [0.1, 0.15) is 11.5 Å². The highest BCUT2D eigenvalue weighted by molar-refractivity contribution is 6.03. The minimum absolute atomic E-state index is 0.218. The number of amides is 2. The van der Waals surface area contributed by atoms with Crippen molar-refractivity contribution in [2.45, 2.75) is 6.17 Å². The SMILES string of the molecule is CN1c2nc(-c3ccccc3)ncc2N(C(=O)N2CCN(c3ccccn3)CC2)C1C=O. The quantitative estimate of drug-likeness (QED) is 0.591. The number of benzene rings is 1. The van der Waals surface area contributed by atoms with Crippen molar-refractivity contribution in [3.63, 3.8) is 0 Å². The fourth-order valence-electron chi connectivity index (χ4n) is 4.15. The Kier molecular flexibility index (Phi) is 5.14. The van der Waals surface area contributed by atoms with Crippen molar-refractivity contribution in [3.8, 4) is 11.4 Å². The fourth-order valence-corrected chi connectivity index (χ4v) is 4.15. The average Bonchev–Trinajstić information content (AvgIpc) is 3.15. The van der Waals surface area contributed by atoms with E-state index in [2.05, 4.69) is 19.9 Å². The van der Waals surface area contributed by atoms with Crippen LogP contribution in [0.2, 0.25) is 0 Å². The van der Waals surface area contributed by atoms with Crippen LogP contribution >= 0.6 is 0 Å². The normalized spacial score (nSPS) is 18.0. The highest BCUT2D eigenvalue weighted by Gasteiger charge is 2.41. The first-order valence-corrected chi connectivity index (χ1v) is 10.5. The van der Waals surface area contributed by atoms with Gasteiger partial charge in [0.2, 0.25) is 0 Å². The maximum absolute atomic E-state index is 13.5. The molecule has 0 N–H and O–H groups in total. The molecule has 0 spiro atoms. The zero-order valence-electron chi connectivity index (χ0n) is 17.7. The number of rotatable bonds is 3. The molecule has 9 nitrogen and oxygen atoms in total. The predicted molar refractivity (Wildman–Crippen MR) is 122 cm³/mol. The summed E-state index contributed by atoms with van der Waals surface area (Å²) in [5.41, 5.74) is 1.42. The topological polar surface area (TPSA) is 85.8 Å². The Morgan fingerprint density at radius 1 is 1.00 bits per heavy atom. The molecule has 2 amide bonds. The van der Waals surface area contributed by atoms with E-state index in [4.69, 9.17) is 0 Å². The van der Waals surface area contributed by atoms with Crippen molar-refractivity contribution in [3.05, 3.63) is 60.9 Å². The molecule has 1 aromatic carbocycles. The van der Waals surface area contributed by atoms with Crippen LogP contribution in [-0.2, 0) is 4.79 Å². The molecule has 4 heterocycles. The summed E-state index contributed by atoms with van der Waals surface area (Å²) in [5, 5.41) is 0. The maximum Gasteiger partial charge on any atom is 0.326 e. The van der Waals surface area contributed by atoms with Gasteiger partial charge in [0.05, 0.1) is 6.20 Å². The molecule has 32 heavy (non-hydrogen) atoms. The van der Waals surface area contributed by atoms with E-state index in [-0.39, 0.29) is 6.03 Å². The number of likely N-dealkylation sites (N-methyl/N-ethyl adjacent to an activating group) is 1. The molecular formula is C23H23N7O2. The molecule has 0 bridgehead atoms. The van der Waals surface area contributed by atoms with E-state index in [1.165, 1.54) is 4.90 Å². The molecule has 5 rings (SSSR count). The number of anilines is 3. The van der Waals surface area contributed by atoms with Crippen LogP contribution < -0.4 is 14.7 Å². The van der Waals surface area contributed by atoms with E-state index < -0.39 is 6.17 Å². The molecular weight excluding hydrogens is 406 g/mol. The number of pyridine rings is 1. The van der Waals surface area contributed by atoms with Crippen molar-refractivity contribution in [2.24, 2.45) is 0 Å². The molecule has 1 atom stereocenters. The van der Waals surface area contributed by atoms with Crippen LogP contribution in [0, 0.1) is 0 Å². The van der Waals surface area contributed by atoms with E-state index in [0.717, 1.165) is 17.7 Å². The average molecular weight is 429 g/mol. The van der Waals surface area contributed by atoms with Crippen LogP contribution in [0.15, 0.2) is 60.9 Å². The summed E-state index contributed by atoms with van der Waals surface area (Å²) in [5.74, 6) is 2.02. The molecule has 162 valence electrons. The number of nitrogens with zero attached hydrogens (tertiary/aromatic N) is 7. The monoisotopic (exact) mass is 429 g/mol. The van der Waals surface area contributed by atoms with E-state index in [1.54, 1.807) is 29.2 Å². The van der Waals surface area contributed by atoms with Gasteiger partial charge in [-0.05, 0) is 12.1 Å². The van der Waals surface area contributed by atoms with Crippen molar-refractivity contribution in [2.75, 3.05) is 47.9 Å². The zero-order valence-corrected chi connectivity index (χ0v) is 17.7. The molecule has 0 radical (unpaired) electrons. The molecule has 1 saturated heterocycles. The smallest absolute Gasteiger partial charge is 0.326 e. The summed E-state index contributed by atoms with van der Waals surface area (Å²) in [6.45, 7) is 2.43. The van der Waals surface area contributed by atoms with E-state index in [0.29, 0.717) is 43.5 Å². The van der Waals surface area contributed by atoms with Crippen LogP contribution in [0.1, 0.15) is 0 Å². The number of urea groups is 1. The standard InChI is InChI=1S/C23H23N7O2/c1-27-20(16-31)30(18-15-25-21(26-22(18)27)17-7-3-2-4-8-17)23(32)29-13-11-28(12-14-29)19-9-5-6-10-24-19/h2-10,15-16,20H,11-14H2,1H3. The number of piperazine rings is 1. The van der Waals surface area contributed by atoms with Crippen molar-refractivity contribution < 1.29 is 9.59 Å². The molecule has 3 aromatic rings. The lowest BCUT2D eigenvalue weighted by atomic mass is 10.2. The third-order valence-electron chi connectivity index (χ3n) is 5.89. The minimum atomic E-state index is -0.758.